The molecule has 18 heavy (non-hydrogen) atoms. The highest BCUT2D eigenvalue weighted by Crippen LogP contribution is 2.44. The van der Waals surface area contributed by atoms with Gasteiger partial charge in [0.25, 0.3) is 0 Å². The molecule has 0 radical (unpaired) electrons. The van der Waals surface area contributed by atoms with Crippen molar-refractivity contribution in [3.8, 4) is 0 Å². The van der Waals surface area contributed by atoms with Crippen LogP contribution in [0, 0.1) is 25.2 Å². The SMILES string of the molecule is Cc1ccc(C)n1C1C=CC(C(=O)O)(C(C)C)C1. The molecule has 0 aromatic carbocycles. The van der Waals surface area contributed by atoms with Crippen molar-refractivity contribution in [2.45, 2.75) is 40.2 Å². The molecule has 1 aliphatic rings. The third kappa shape index (κ3) is 1.78. The molecule has 0 aliphatic heterocycles. The summed E-state index contributed by atoms with van der Waals surface area (Å²) in [6.07, 6.45) is 4.59. The minimum atomic E-state index is -0.714. The van der Waals surface area contributed by atoms with Gasteiger partial charge in [-0.25, -0.2) is 0 Å². The van der Waals surface area contributed by atoms with E-state index in [1.54, 1.807) is 0 Å². The topological polar surface area (TPSA) is 42.2 Å². The van der Waals surface area contributed by atoms with Gasteiger partial charge >= 0.3 is 5.97 Å². The third-order valence-electron chi connectivity index (χ3n) is 4.25. The van der Waals surface area contributed by atoms with E-state index in [1.807, 2.05) is 26.0 Å². The fourth-order valence-electron chi connectivity index (χ4n) is 2.98. The summed E-state index contributed by atoms with van der Waals surface area (Å²) in [5, 5.41) is 9.53. The standard InChI is InChI=1S/C15H21NO2/c1-10(2)15(14(17)18)8-7-13(9-15)16-11(3)5-6-12(16)4/h5-8,10,13H,9H2,1-4H3,(H,17,18). The quantitative estimate of drug-likeness (QED) is 0.832. The largest absolute Gasteiger partial charge is 0.481 e. The van der Waals surface area contributed by atoms with E-state index in [1.165, 1.54) is 11.4 Å². The first kappa shape index (κ1) is 12.9. The van der Waals surface area contributed by atoms with E-state index in [2.05, 4.69) is 30.5 Å². The highest BCUT2D eigenvalue weighted by molar-refractivity contribution is 5.78. The fourth-order valence-corrected chi connectivity index (χ4v) is 2.98. The van der Waals surface area contributed by atoms with E-state index in [-0.39, 0.29) is 12.0 Å². The van der Waals surface area contributed by atoms with Crippen LogP contribution < -0.4 is 0 Å². The van der Waals surface area contributed by atoms with E-state index in [0.29, 0.717) is 6.42 Å². The summed E-state index contributed by atoms with van der Waals surface area (Å²) in [5.74, 6) is -0.605. The molecular weight excluding hydrogens is 226 g/mol. The van der Waals surface area contributed by atoms with Crippen LogP contribution in [0.3, 0.4) is 0 Å². The Hall–Kier alpha value is -1.51. The zero-order valence-electron chi connectivity index (χ0n) is 11.5. The number of aryl methyl sites for hydroxylation is 2. The minimum absolute atomic E-state index is 0.104. The van der Waals surface area contributed by atoms with Crippen molar-refractivity contribution in [2.24, 2.45) is 11.3 Å². The van der Waals surface area contributed by atoms with Crippen LogP contribution in [0.25, 0.3) is 0 Å². The van der Waals surface area contributed by atoms with Gasteiger partial charge in [-0.2, -0.15) is 0 Å². The number of aromatic nitrogens is 1. The van der Waals surface area contributed by atoms with Crippen LogP contribution in [0.15, 0.2) is 24.3 Å². The number of rotatable bonds is 3. The highest BCUT2D eigenvalue weighted by atomic mass is 16.4. The lowest BCUT2D eigenvalue weighted by molar-refractivity contribution is -0.148. The molecule has 98 valence electrons. The van der Waals surface area contributed by atoms with Crippen molar-refractivity contribution in [3.63, 3.8) is 0 Å². The van der Waals surface area contributed by atoms with Gasteiger partial charge in [0.15, 0.2) is 0 Å². The molecule has 0 amide bonds. The molecule has 1 heterocycles. The number of allylic oxidation sites excluding steroid dienone is 1. The molecule has 0 fully saturated rings. The van der Waals surface area contributed by atoms with Crippen molar-refractivity contribution in [1.29, 1.82) is 0 Å². The van der Waals surface area contributed by atoms with Crippen LogP contribution in [0.2, 0.25) is 0 Å². The zero-order chi connectivity index (χ0) is 13.5. The molecule has 2 rings (SSSR count). The summed E-state index contributed by atoms with van der Waals surface area (Å²) >= 11 is 0. The molecule has 0 bridgehead atoms. The van der Waals surface area contributed by atoms with E-state index < -0.39 is 11.4 Å². The number of hydrogen-bond donors (Lipinski definition) is 1. The summed E-state index contributed by atoms with van der Waals surface area (Å²) < 4.78 is 2.23. The van der Waals surface area contributed by atoms with Crippen LogP contribution in [-0.2, 0) is 4.79 Å². The Morgan fingerprint density at radius 1 is 1.39 bits per heavy atom. The molecular formula is C15H21NO2. The zero-order valence-corrected chi connectivity index (χ0v) is 11.5. The Labute approximate surface area is 108 Å². The molecule has 1 N–H and O–H groups in total. The van der Waals surface area contributed by atoms with Gasteiger partial charge in [-0.3, -0.25) is 4.79 Å². The Morgan fingerprint density at radius 2 is 1.94 bits per heavy atom. The second-order valence-corrected chi connectivity index (χ2v) is 5.62. The monoisotopic (exact) mass is 247 g/mol. The number of carboxylic acid groups (broad SMARTS) is 1. The predicted molar refractivity (Wildman–Crippen MR) is 71.6 cm³/mol. The van der Waals surface area contributed by atoms with Crippen molar-refractivity contribution < 1.29 is 9.90 Å². The van der Waals surface area contributed by atoms with Gasteiger partial charge in [0.1, 0.15) is 0 Å². The summed E-state index contributed by atoms with van der Waals surface area (Å²) in [5.41, 5.74) is 1.66. The van der Waals surface area contributed by atoms with Gasteiger partial charge in [-0.15, -0.1) is 0 Å². The number of nitrogens with zero attached hydrogens (tertiary/aromatic N) is 1. The first-order valence-corrected chi connectivity index (χ1v) is 6.45. The van der Waals surface area contributed by atoms with Gasteiger partial charge in [0, 0.05) is 11.4 Å². The highest BCUT2D eigenvalue weighted by Gasteiger charge is 2.44. The molecule has 0 saturated carbocycles. The maximum Gasteiger partial charge on any atom is 0.313 e. The summed E-state index contributed by atoms with van der Waals surface area (Å²) in [6, 6.07) is 4.33. The second-order valence-electron chi connectivity index (χ2n) is 5.62. The van der Waals surface area contributed by atoms with Crippen molar-refractivity contribution in [3.05, 3.63) is 35.7 Å². The molecule has 3 nitrogen and oxygen atoms in total. The van der Waals surface area contributed by atoms with Gasteiger partial charge in [0.2, 0.25) is 0 Å². The molecule has 1 aromatic rings. The average molecular weight is 247 g/mol. The molecule has 1 aliphatic carbocycles. The van der Waals surface area contributed by atoms with Crippen molar-refractivity contribution in [2.75, 3.05) is 0 Å². The summed E-state index contributed by atoms with van der Waals surface area (Å²) in [6.45, 7) is 8.10. The van der Waals surface area contributed by atoms with Crippen LogP contribution >= 0.6 is 0 Å². The molecule has 2 unspecified atom stereocenters. The minimum Gasteiger partial charge on any atom is -0.481 e. The van der Waals surface area contributed by atoms with E-state index >= 15 is 0 Å². The fraction of sp³-hybridized carbons (Fsp3) is 0.533. The van der Waals surface area contributed by atoms with Crippen molar-refractivity contribution in [1.82, 2.24) is 4.57 Å². The van der Waals surface area contributed by atoms with E-state index in [4.69, 9.17) is 0 Å². The lowest BCUT2D eigenvalue weighted by Crippen LogP contribution is -2.33. The Kier molecular flexibility index (Phi) is 3.09. The maximum absolute atomic E-state index is 11.6. The Bertz CT molecular complexity index is 479. The molecule has 3 heteroatoms. The normalized spacial score (nSPS) is 27.1. The average Bonchev–Trinajstić information content (AvgIpc) is 2.84. The van der Waals surface area contributed by atoms with Gasteiger partial charge in [0.05, 0.1) is 11.5 Å². The number of carboxylic acids is 1. The van der Waals surface area contributed by atoms with Gasteiger partial charge in [-0.05, 0) is 38.3 Å². The maximum atomic E-state index is 11.6. The van der Waals surface area contributed by atoms with Crippen LogP contribution in [-0.4, -0.2) is 15.6 Å². The molecule has 1 aromatic heterocycles. The lowest BCUT2D eigenvalue weighted by Gasteiger charge is -2.29. The first-order valence-electron chi connectivity index (χ1n) is 6.45. The van der Waals surface area contributed by atoms with Gasteiger partial charge in [-0.1, -0.05) is 26.0 Å². The van der Waals surface area contributed by atoms with Crippen LogP contribution in [0.1, 0.15) is 37.7 Å². The lowest BCUT2D eigenvalue weighted by atomic mass is 9.76. The van der Waals surface area contributed by atoms with Crippen molar-refractivity contribution >= 4 is 5.97 Å². The van der Waals surface area contributed by atoms with Crippen LogP contribution in [0.5, 0.6) is 0 Å². The number of hydrogen-bond acceptors (Lipinski definition) is 1. The third-order valence-corrected chi connectivity index (χ3v) is 4.25. The summed E-state index contributed by atoms with van der Waals surface area (Å²) in [7, 11) is 0. The number of carbonyl (C=O) groups is 1. The van der Waals surface area contributed by atoms with E-state index in [0.717, 1.165) is 0 Å². The predicted octanol–water partition coefficient (Wildman–Crippen LogP) is 3.33. The van der Waals surface area contributed by atoms with Gasteiger partial charge < -0.3 is 9.67 Å². The smallest absolute Gasteiger partial charge is 0.313 e. The first-order chi connectivity index (χ1) is 8.38. The molecule has 0 saturated heterocycles. The molecule has 2 atom stereocenters. The molecule has 0 spiro atoms. The Morgan fingerprint density at radius 3 is 2.33 bits per heavy atom. The Balaban J connectivity index is 2.34. The number of aliphatic carboxylic acids is 1. The second kappa shape index (κ2) is 4.30. The van der Waals surface area contributed by atoms with Crippen LogP contribution in [0.4, 0.5) is 0 Å². The summed E-state index contributed by atoms with van der Waals surface area (Å²) in [4.78, 5) is 11.6. The van der Waals surface area contributed by atoms with E-state index in [9.17, 15) is 9.90 Å².